The molecule has 1 aromatic carbocycles. The van der Waals surface area contributed by atoms with Gasteiger partial charge in [-0.05, 0) is 24.6 Å². The molecule has 1 aliphatic heterocycles. The molecule has 6 heteroatoms. The topological polar surface area (TPSA) is 87.7 Å². The maximum Gasteiger partial charge on any atom is 0.335 e. The summed E-state index contributed by atoms with van der Waals surface area (Å²) in [5.41, 5.74) is 1.52. The molecule has 2 rings (SSSR count). The van der Waals surface area contributed by atoms with Gasteiger partial charge in [-0.1, -0.05) is 6.07 Å². The molecule has 1 heterocycles. The first-order valence-corrected chi connectivity index (χ1v) is 6.51. The molecule has 0 aliphatic carbocycles. The third kappa shape index (κ3) is 3.79. The number of hydrogen-bond donors (Lipinski definition) is 3. The largest absolute Gasteiger partial charge is 0.478 e. The molecule has 1 unspecified atom stereocenters. The Morgan fingerprint density at radius 2 is 2.30 bits per heavy atom. The Labute approximate surface area is 117 Å². The van der Waals surface area contributed by atoms with Gasteiger partial charge in [-0.3, -0.25) is 4.79 Å². The van der Waals surface area contributed by atoms with Crippen molar-refractivity contribution in [1.29, 1.82) is 0 Å². The van der Waals surface area contributed by atoms with Crippen LogP contribution in [0.3, 0.4) is 0 Å². The lowest BCUT2D eigenvalue weighted by atomic mass is 10.1. The van der Waals surface area contributed by atoms with Gasteiger partial charge in [-0.15, -0.1) is 0 Å². The fraction of sp³-hybridized carbons (Fsp3) is 0.429. The van der Waals surface area contributed by atoms with E-state index in [1.165, 1.54) is 12.1 Å². The first-order chi connectivity index (χ1) is 9.56. The van der Waals surface area contributed by atoms with Gasteiger partial charge < -0.3 is 20.5 Å². The Kier molecular flexibility index (Phi) is 4.70. The summed E-state index contributed by atoms with van der Waals surface area (Å²) in [6.07, 6.45) is 0.302. The van der Waals surface area contributed by atoms with Crippen molar-refractivity contribution >= 4 is 17.6 Å². The predicted molar refractivity (Wildman–Crippen MR) is 74.0 cm³/mol. The highest BCUT2D eigenvalue weighted by Crippen LogP contribution is 2.17. The average molecular weight is 278 g/mol. The van der Waals surface area contributed by atoms with E-state index in [4.69, 9.17) is 9.84 Å². The zero-order chi connectivity index (χ0) is 14.5. The molecule has 0 bridgehead atoms. The number of hydrogen-bond acceptors (Lipinski definition) is 4. The summed E-state index contributed by atoms with van der Waals surface area (Å²) in [6.45, 7) is 3.74. The highest BCUT2D eigenvalue weighted by molar-refractivity contribution is 5.94. The number of carboxylic acids is 1. The van der Waals surface area contributed by atoms with Crippen LogP contribution in [0.1, 0.15) is 22.3 Å². The van der Waals surface area contributed by atoms with Crippen molar-refractivity contribution < 1.29 is 19.4 Å². The Morgan fingerprint density at radius 3 is 2.95 bits per heavy atom. The summed E-state index contributed by atoms with van der Waals surface area (Å²) in [5.74, 6) is -1.17. The monoisotopic (exact) mass is 278 g/mol. The van der Waals surface area contributed by atoms with Crippen LogP contribution in [0.5, 0.6) is 0 Å². The van der Waals surface area contributed by atoms with Crippen LogP contribution in [0.15, 0.2) is 18.2 Å². The first kappa shape index (κ1) is 14.5. The van der Waals surface area contributed by atoms with E-state index in [9.17, 15) is 9.59 Å². The molecule has 0 spiro atoms. The minimum Gasteiger partial charge on any atom is -0.478 e. The Hall–Kier alpha value is -1.92. The number of carboxylic acid groups (broad SMARTS) is 1. The number of morpholine rings is 1. The number of anilines is 1. The number of nitrogens with one attached hydrogen (secondary N) is 2. The summed E-state index contributed by atoms with van der Waals surface area (Å²) in [4.78, 5) is 22.9. The summed E-state index contributed by atoms with van der Waals surface area (Å²) in [7, 11) is 0. The van der Waals surface area contributed by atoms with Gasteiger partial charge >= 0.3 is 5.97 Å². The van der Waals surface area contributed by atoms with E-state index < -0.39 is 5.97 Å². The SMILES string of the molecule is Cc1ccc(C(=O)O)cc1NC(=O)CC1COCCN1. The normalized spacial score (nSPS) is 18.6. The quantitative estimate of drug-likeness (QED) is 0.765. The second-order valence-corrected chi connectivity index (χ2v) is 4.81. The predicted octanol–water partition coefficient (Wildman–Crippen LogP) is 1.01. The molecular formula is C14H18N2O4. The van der Waals surface area contributed by atoms with E-state index in [1.54, 1.807) is 6.07 Å². The molecular weight excluding hydrogens is 260 g/mol. The average Bonchev–Trinajstić information content (AvgIpc) is 2.42. The van der Waals surface area contributed by atoms with Crippen LogP contribution in [0.25, 0.3) is 0 Å². The molecule has 108 valence electrons. The molecule has 0 saturated carbocycles. The molecule has 20 heavy (non-hydrogen) atoms. The van der Waals surface area contributed by atoms with Gasteiger partial charge in [0, 0.05) is 24.7 Å². The molecule has 0 aromatic heterocycles. The first-order valence-electron chi connectivity index (χ1n) is 6.51. The van der Waals surface area contributed by atoms with Crippen LogP contribution in [0.2, 0.25) is 0 Å². The minimum atomic E-state index is -1.01. The number of ether oxygens (including phenoxy) is 1. The lowest BCUT2D eigenvalue weighted by molar-refractivity contribution is -0.117. The minimum absolute atomic E-state index is 0.00622. The number of rotatable bonds is 4. The van der Waals surface area contributed by atoms with Gasteiger partial charge in [0.1, 0.15) is 0 Å². The Bertz CT molecular complexity index is 510. The number of carbonyl (C=O) groups excluding carboxylic acids is 1. The fourth-order valence-electron chi connectivity index (χ4n) is 2.07. The molecule has 1 atom stereocenters. The Balaban J connectivity index is 1.99. The van der Waals surface area contributed by atoms with E-state index in [0.717, 1.165) is 12.1 Å². The lowest BCUT2D eigenvalue weighted by Crippen LogP contribution is -2.43. The number of benzene rings is 1. The van der Waals surface area contributed by atoms with Crippen LogP contribution < -0.4 is 10.6 Å². The summed E-state index contributed by atoms with van der Waals surface area (Å²) >= 11 is 0. The van der Waals surface area contributed by atoms with Gasteiger partial charge in [0.05, 0.1) is 18.8 Å². The second kappa shape index (κ2) is 6.49. The van der Waals surface area contributed by atoms with Crippen LogP contribution in [-0.4, -0.2) is 42.8 Å². The standard InChI is InChI=1S/C14H18N2O4/c1-9-2-3-10(14(18)19)6-12(9)16-13(17)7-11-8-20-5-4-15-11/h2-3,6,11,15H,4-5,7-8H2,1H3,(H,16,17)(H,18,19). The van der Waals surface area contributed by atoms with Gasteiger partial charge in [-0.2, -0.15) is 0 Å². The number of aromatic carboxylic acids is 1. The van der Waals surface area contributed by atoms with E-state index in [0.29, 0.717) is 25.3 Å². The number of amides is 1. The third-order valence-corrected chi connectivity index (χ3v) is 3.19. The molecule has 0 radical (unpaired) electrons. The van der Waals surface area contributed by atoms with Crippen LogP contribution in [0.4, 0.5) is 5.69 Å². The van der Waals surface area contributed by atoms with Gasteiger partial charge in [0.2, 0.25) is 5.91 Å². The van der Waals surface area contributed by atoms with Crippen molar-refractivity contribution in [3.63, 3.8) is 0 Å². The van der Waals surface area contributed by atoms with Gasteiger partial charge in [0.15, 0.2) is 0 Å². The molecule has 1 saturated heterocycles. The third-order valence-electron chi connectivity index (χ3n) is 3.19. The second-order valence-electron chi connectivity index (χ2n) is 4.81. The number of carbonyl (C=O) groups is 2. The van der Waals surface area contributed by atoms with Crippen LogP contribution >= 0.6 is 0 Å². The Morgan fingerprint density at radius 1 is 1.50 bits per heavy atom. The maximum absolute atomic E-state index is 12.0. The summed E-state index contributed by atoms with van der Waals surface area (Å²) in [5, 5.41) is 14.9. The van der Waals surface area contributed by atoms with E-state index in [-0.39, 0.29) is 17.5 Å². The van der Waals surface area contributed by atoms with E-state index in [1.807, 2.05) is 6.92 Å². The van der Waals surface area contributed by atoms with Crippen molar-refractivity contribution in [2.75, 3.05) is 25.1 Å². The van der Waals surface area contributed by atoms with Crippen LogP contribution in [0, 0.1) is 6.92 Å². The highest BCUT2D eigenvalue weighted by Gasteiger charge is 2.17. The molecule has 6 nitrogen and oxygen atoms in total. The molecule has 1 fully saturated rings. The van der Waals surface area contributed by atoms with Crippen molar-refractivity contribution in [2.24, 2.45) is 0 Å². The zero-order valence-corrected chi connectivity index (χ0v) is 11.3. The summed E-state index contributed by atoms with van der Waals surface area (Å²) in [6, 6.07) is 4.68. The summed E-state index contributed by atoms with van der Waals surface area (Å²) < 4.78 is 5.29. The van der Waals surface area contributed by atoms with Crippen LogP contribution in [-0.2, 0) is 9.53 Å². The molecule has 1 amide bonds. The highest BCUT2D eigenvalue weighted by atomic mass is 16.5. The van der Waals surface area contributed by atoms with E-state index >= 15 is 0 Å². The van der Waals surface area contributed by atoms with Gasteiger partial charge in [-0.25, -0.2) is 4.79 Å². The zero-order valence-electron chi connectivity index (χ0n) is 11.3. The molecule has 1 aromatic rings. The molecule has 1 aliphatic rings. The number of aryl methyl sites for hydroxylation is 1. The van der Waals surface area contributed by atoms with Crippen molar-refractivity contribution in [3.8, 4) is 0 Å². The van der Waals surface area contributed by atoms with Gasteiger partial charge in [0.25, 0.3) is 0 Å². The van der Waals surface area contributed by atoms with Crippen molar-refractivity contribution in [1.82, 2.24) is 5.32 Å². The fourth-order valence-corrected chi connectivity index (χ4v) is 2.07. The van der Waals surface area contributed by atoms with Crippen molar-refractivity contribution in [3.05, 3.63) is 29.3 Å². The smallest absolute Gasteiger partial charge is 0.335 e. The van der Waals surface area contributed by atoms with Crippen molar-refractivity contribution in [2.45, 2.75) is 19.4 Å². The maximum atomic E-state index is 12.0. The lowest BCUT2D eigenvalue weighted by Gasteiger charge is -2.23. The molecule has 3 N–H and O–H groups in total. The van der Waals surface area contributed by atoms with E-state index in [2.05, 4.69) is 10.6 Å².